The van der Waals surface area contributed by atoms with Crippen LogP contribution in [0.1, 0.15) is 32.1 Å². The predicted molar refractivity (Wildman–Crippen MR) is 87.6 cm³/mol. The van der Waals surface area contributed by atoms with Crippen LogP contribution in [0, 0.1) is 0 Å². The first kappa shape index (κ1) is 17.2. The molecule has 22 heavy (non-hydrogen) atoms. The molecule has 0 bridgehead atoms. The van der Waals surface area contributed by atoms with Crippen LogP contribution in [0.25, 0.3) is 0 Å². The van der Waals surface area contributed by atoms with Gasteiger partial charge in [-0.05, 0) is 43.5 Å². The Labute approximate surface area is 136 Å². The molecule has 122 valence electrons. The summed E-state index contributed by atoms with van der Waals surface area (Å²) in [6, 6.07) is 6.33. The number of alkyl halides is 1. The zero-order valence-electron chi connectivity index (χ0n) is 12.4. The number of carbonyl (C=O) groups excluding carboxylic acids is 1. The second-order valence-electron chi connectivity index (χ2n) is 5.33. The molecular weight excluding hydrogens is 324 g/mol. The number of anilines is 1. The average molecular weight is 345 g/mol. The van der Waals surface area contributed by atoms with E-state index in [2.05, 4.69) is 5.32 Å². The predicted octanol–water partition coefficient (Wildman–Crippen LogP) is 2.82. The Bertz CT molecular complexity index is 596. The van der Waals surface area contributed by atoms with Crippen LogP contribution in [-0.2, 0) is 14.8 Å². The quantitative estimate of drug-likeness (QED) is 0.807. The zero-order valence-corrected chi connectivity index (χ0v) is 14.0. The van der Waals surface area contributed by atoms with Gasteiger partial charge in [-0.2, -0.15) is 4.31 Å². The summed E-state index contributed by atoms with van der Waals surface area (Å²) in [5.74, 6) is 0.327. The first-order chi connectivity index (χ1) is 10.5. The Balaban J connectivity index is 2.03. The van der Waals surface area contributed by atoms with E-state index < -0.39 is 10.0 Å². The maximum absolute atomic E-state index is 12.5. The van der Waals surface area contributed by atoms with E-state index in [1.165, 1.54) is 4.31 Å². The van der Waals surface area contributed by atoms with Gasteiger partial charge in [0.1, 0.15) is 0 Å². The molecule has 2 rings (SSSR count). The van der Waals surface area contributed by atoms with Crippen molar-refractivity contribution < 1.29 is 13.2 Å². The summed E-state index contributed by atoms with van der Waals surface area (Å²) in [5, 5.41) is 2.73. The van der Waals surface area contributed by atoms with Gasteiger partial charge in [-0.15, -0.1) is 11.6 Å². The molecule has 0 aromatic heterocycles. The Morgan fingerprint density at radius 2 is 1.77 bits per heavy atom. The third-order valence-corrected chi connectivity index (χ3v) is 5.81. The molecule has 1 amide bonds. The highest BCUT2D eigenvalue weighted by Gasteiger charge is 2.25. The van der Waals surface area contributed by atoms with E-state index in [4.69, 9.17) is 11.6 Å². The fraction of sp³-hybridized carbons (Fsp3) is 0.533. The Hall–Kier alpha value is -1.11. The lowest BCUT2D eigenvalue weighted by Gasteiger charge is -2.25. The summed E-state index contributed by atoms with van der Waals surface area (Å²) in [7, 11) is -3.42. The van der Waals surface area contributed by atoms with Gasteiger partial charge in [0.25, 0.3) is 0 Å². The molecule has 1 aromatic rings. The third kappa shape index (κ3) is 4.44. The van der Waals surface area contributed by atoms with Crippen LogP contribution in [0.15, 0.2) is 29.2 Å². The number of hydrogen-bond donors (Lipinski definition) is 1. The summed E-state index contributed by atoms with van der Waals surface area (Å²) < 4.78 is 26.5. The van der Waals surface area contributed by atoms with Crippen LogP contribution in [0.3, 0.4) is 0 Å². The molecule has 1 aromatic carbocycles. The molecule has 0 saturated carbocycles. The molecule has 5 nitrogen and oxygen atoms in total. The summed E-state index contributed by atoms with van der Waals surface area (Å²) in [5.41, 5.74) is 0.595. The number of nitrogens with one attached hydrogen (secondary N) is 1. The Morgan fingerprint density at radius 3 is 2.36 bits per heavy atom. The van der Waals surface area contributed by atoms with Gasteiger partial charge in [-0.1, -0.05) is 6.42 Å². The number of benzene rings is 1. The van der Waals surface area contributed by atoms with Crippen molar-refractivity contribution in [2.75, 3.05) is 24.3 Å². The number of amides is 1. The van der Waals surface area contributed by atoms with Crippen molar-refractivity contribution in [1.82, 2.24) is 4.31 Å². The molecule has 1 fully saturated rings. The molecule has 1 aliphatic heterocycles. The second kappa shape index (κ2) is 7.94. The highest BCUT2D eigenvalue weighted by molar-refractivity contribution is 7.89. The van der Waals surface area contributed by atoms with Gasteiger partial charge in [0.05, 0.1) is 4.90 Å². The fourth-order valence-corrected chi connectivity index (χ4v) is 4.07. The smallest absolute Gasteiger partial charge is 0.243 e. The van der Waals surface area contributed by atoms with Gasteiger partial charge in [0, 0.05) is 31.1 Å². The van der Waals surface area contributed by atoms with E-state index in [9.17, 15) is 13.2 Å². The van der Waals surface area contributed by atoms with Crippen molar-refractivity contribution in [1.29, 1.82) is 0 Å². The van der Waals surface area contributed by atoms with E-state index in [0.29, 0.717) is 37.5 Å². The van der Waals surface area contributed by atoms with Crippen LogP contribution < -0.4 is 5.32 Å². The van der Waals surface area contributed by atoms with Crippen LogP contribution in [0.5, 0.6) is 0 Å². The minimum Gasteiger partial charge on any atom is -0.326 e. The Kier molecular flexibility index (Phi) is 6.23. The van der Waals surface area contributed by atoms with Gasteiger partial charge < -0.3 is 5.32 Å². The van der Waals surface area contributed by atoms with Crippen molar-refractivity contribution in [2.45, 2.75) is 37.0 Å². The minimum absolute atomic E-state index is 0.118. The normalized spacial score (nSPS) is 16.4. The number of hydrogen-bond acceptors (Lipinski definition) is 3. The standard InChI is InChI=1S/C15H21ClN2O3S/c16-10-4-5-15(19)17-13-6-8-14(9-7-13)22(20,21)18-11-2-1-3-12-18/h6-9H,1-5,10-12H2,(H,17,19). The number of carbonyl (C=O) groups is 1. The molecule has 7 heteroatoms. The highest BCUT2D eigenvalue weighted by atomic mass is 35.5. The first-order valence-corrected chi connectivity index (χ1v) is 9.47. The van der Waals surface area contributed by atoms with Gasteiger partial charge in [0.15, 0.2) is 0 Å². The molecule has 0 radical (unpaired) electrons. The van der Waals surface area contributed by atoms with Crippen molar-refractivity contribution in [3.05, 3.63) is 24.3 Å². The molecule has 1 saturated heterocycles. The number of rotatable bonds is 6. The van der Waals surface area contributed by atoms with Crippen molar-refractivity contribution in [3.8, 4) is 0 Å². The first-order valence-electron chi connectivity index (χ1n) is 7.50. The molecule has 0 spiro atoms. The number of piperidine rings is 1. The molecule has 0 unspecified atom stereocenters. The largest absolute Gasteiger partial charge is 0.326 e. The lowest BCUT2D eigenvalue weighted by molar-refractivity contribution is -0.116. The lowest BCUT2D eigenvalue weighted by atomic mass is 10.2. The van der Waals surface area contributed by atoms with Crippen molar-refractivity contribution in [3.63, 3.8) is 0 Å². The van der Waals surface area contributed by atoms with Crippen LogP contribution >= 0.6 is 11.6 Å². The molecule has 1 N–H and O–H groups in total. The number of halogens is 1. The maximum Gasteiger partial charge on any atom is 0.243 e. The summed E-state index contributed by atoms with van der Waals surface area (Å²) >= 11 is 5.54. The van der Waals surface area contributed by atoms with Crippen LogP contribution in [0.2, 0.25) is 0 Å². The van der Waals surface area contributed by atoms with Crippen LogP contribution in [-0.4, -0.2) is 37.6 Å². The molecule has 0 aliphatic carbocycles. The average Bonchev–Trinajstić information content (AvgIpc) is 2.54. The topological polar surface area (TPSA) is 66.5 Å². The van der Waals surface area contributed by atoms with Gasteiger partial charge >= 0.3 is 0 Å². The van der Waals surface area contributed by atoms with Crippen molar-refractivity contribution in [2.24, 2.45) is 0 Å². The summed E-state index contributed by atoms with van der Waals surface area (Å²) in [6.07, 6.45) is 3.88. The van der Waals surface area contributed by atoms with E-state index in [1.807, 2.05) is 0 Å². The Morgan fingerprint density at radius 1 is 1.14 bits per heavy atom. The van der Waals surface area contributed by atoms with E-state index in [-0.39, 0.29) is 10.8 Å². The minimum atomic E-state index is -3.42. The summed E-state index contributed by atoms with van der Waals surface area (Å²) in [4.78, 5) is 11.9. The second-order valence-corrected chi connectivity index (χ2v) is 7.65. The van der Waals surface area contributed by atoms with E-state index in [0.717, 1.165) is 19.3 Å². The maximum atomic E-state index is 12.5. The van der Waals surface area contributed by atoms with E-state index >= 15 is 0 Å². The lowest BCUT2D eigenvalue weighted by Crippen LogP contribution is -2.35. The molecule has 0 atom stereocenters. The number of sulfonamides is 1. The van der Waals surface area contributed by atoms with Crippen LogP contribution in [0.4, 0.5) is 5.69 Å². The molecular formula is C15H21ClN2O3S. The highest BCUT2D eigenvalue weighted by Crippen LogP contribution is 2.22. The van der Waals surface area contributed by atoms with Crippen molar-refractivity contribution >= 4 is 33.2 Å². The monoisotopic (exact) mass is 344 g/mol. The van der Waals surface area contributed by atoms with E-state index in [1.54, 1.807) is 24.3 Å². The summed E-state index contributed by atoms with van der Waals surface area (Å²) in [6.45, 7) is 1.17. The number of nitrogens with zero attached hydrogens (tertiary/aromatic N) is 1. The van der Waals surface area contributed by atoms with Gasteiger partial charge in [-0.25, -0.2) is 8.42 Å². The fourth-order valence-electron chi connectivity index (χ4n) is 2.42. The molecule has 1 aliphatic rings. The third-order valence-electron chi connectivity index (χ3n) is 3.63. The van der Waals surface area contributed by atoms with Gasteiger partial charge in [0.2, 0.25) is 15.9 Å². The molecule has 1 heterocycles. The SMILES string of the molecule is O=C(CCCCl)Nc1ccc(S(=O)(=O)N2CCCCC2)cc1. The zero-order chi connectivity index (χ0) is 16.0. The van der Waals surface area contributed by atoms with Gasteiger partial charge in [-0.3, -0.25) is 4.79 Å².